The SMILES string of the molecule is CCCCC(C)(CO)Nc1nc(N)nc2cc(-c3cc(=O)[nH]cc3C(=O)N3CCCCC3)cnc12. The Bertz CT molecular complexity index is 1270. The Labute approximate surface area is 204 Å². The lowest BCUT2D eigenvalue weighted by Gasteiger charge is -2.29. The second kappa shape index (κ2) is 10.4. The van der Waals surface area contributed by atoms with Crippen molar-refractivity contribution in [2.45, 2.75) is 57.9 Å². The van der Waals surface area contributed by atoms with Gasteiger partial charge in [0.1, 0.15) is 5.52 Å². The molecule has 1 unspecified atom stereocenters. The first-order chi connectivity index (χ1) is 16.8. The van der Waals surface area contributed by atoms with Gasteiger partial charge in [0.05, 0.1) is 23.2 Å². The topological polar surface area (TPSA) is 150 Å². The number of hydrogen-bond acceptors (Lipinski definition) is 8. The lowest BCUT2D eigenvalue weighted by atomic mass is 9.96. The molecule has 3 aromatic heterocycles. The number of anilines is 2. The van der Waals surface area contributed by atoms with E-state index in [1.807, 2.05) is 11.8 Å². The molecule has 0 bridgehead atoms. The zero-order valence-electron chi connectivity index (χ0n) is 20.3. The van der Waals surface area contributed by atoms with Crippen molar-refractivity contribution in [1.82, 2.24) is 24.8 Å². The zero-order chi connectivity index (χ0) is 25.0. The number of carbonyl (C=O) groups excluding carboxylic acids is 1. The van der Waals surface area contributed by atoms with Crippen LogP contribution in [0, 0.1) is 0 Å². The summed E-state index contributed by atoms with van der Waals surface area (Å²) in [5, 5.41) is 13.3. The summed E-state index contributed by atoms with van der Waals surface area (Å²) in [5.41, 5.74) is 7.57. The summed E-state index contributed by atoms with van der Waals surface area (Å²) in [5.74, 6) is 0.378. The third kappa shape index (κ3) is 5.43. The fourth-order valence-electron chi connectivity index (χ4n) is 4.46. The number of aliphatic hydroxyl groups excluding tert-OH is 1. The molecule has 1 fully saturated rings. The molecule has 4 heterocycles. The molecular formula is C25H33N7O3. The summed E-state index contributed by atoms with van der Waals surface area (Å²) in [4.78, 5) is 43.2. The molecule has 0 radical (unpaired) electrons. The van der Waals surface area contributed by atoms with Crippen molar-refractivity contribution in [2.24, 2.45) is 0 Å². The number of aromatic amines is 1. The van der Waals surface area contributed by atoms with Gasteiger partial charge in [-0.15, -0.1) is 0 Å². The molecule has 0 aromatic carbocycles. The third-order valence-corrected chi connectivity index (χ3v) is 6.51. The van der Waals surface area contributed by atoms with E-state index >= 15 is 0 Å². The molecule has 1 aliphatic heterocycles. The van der Waals surface area contributed by atoms with Gasteiger partial charge in [0.25, 0.3) is 5.91 Å². The maximum absolute atomic E-state index is 13.3. The molecule has 10 heteroatoms. The Balaban J connectivity index is 1.75. The van der Waals surface area contributed by atoms with Crippen molar-refractivity contribution in [3.8, 4) is 11.1 Å². The van der Waals surface area contributed by atoms with Crippen LogP contribution in [-0.2, 0) is 0 Å². The van der Waals surface area contributed by atoms with Crippen molar-refractivity contribution in [2.75, 3.05) is 30.7 Å². The average Bonchev–Trinajstić information content (AvgIpc) is 2.87. The van der Waals surface area contributed by atoms with Gasteiger partial charge in [-0.1, -0.05) is 19.8 Å². The van der Waals surface area contributed by atoms with E-state index < -0.39 is 5.54 Å². The van der Waals surface area contributed by atoms with Gasteiger partial charge >= 0.3 is 0 Å². The molecule has 1 aliphatic rings. The maximum Gasteiger partial charge on any atom is 0.255 e. The van der Waals surface area contributed by atoms with Gasteiger partial charge in [-0.3, -0.25) is 14.6 Å². The molecule has 5 N–H and O–H groups in total. The lowest BCUT2D eigenvalue weighted by molar-refractivity contribution is 0.0724. The van der Waals surface area contributed by atoms with Gasteiger partial charge in [-0.05, 0) is 38.7 Å². The van der Waals surface area contributed by atoms with Gasteiger partial charge in [0.2, 0.25) is 11.5 Å². The number of amides is 1. The number of nitrogens with two attached hydrogens (primary N) is 1. The normalized spacial score (nSPS) is 15.7. The van der Waals surface area contributed by atoms with Crippen LogP contribution in [-0.4, -0.2) is 61.1 Å². The largest absolute Gasteiger partial charge is 0.394 e. The first-order valence-corrected chi connectivity index (χ1v) is 12.2. The molecule has 10 nitrogen and oxygen atoms in total. The molecule has 0 spiro atoms. The maximum atomic E-state index is 13.3. The van der Waals surface area contributed by atoms with Gasteiger partial charge in [-0.2, -0.15) is 4.98 Å². The molecule has 1 atom stereocenters. The first-order valence-electron chi connectivity index (χ1n) is 12.2. The number of piperidine rings is 1. The standard InChI is InChI=1S/C25H33N7O3/c1-3-4-8-25(2,15-33)31-22-21-19(29-24(26)30-22)11-16(13-28-21)17-12-20(34)27-14-18(17)23(35)32-9-6-5-7-10-32/h11-14,33H,3-10,15H2,1-2H3,(H,27,34)(H3,26,29,30,31). The van der Waals surface area contributed by atoms with Crippen LogP contribution < -0.4 is 16.6 Å². The first kappa shape index (κ1) is 24.6. The molecule has 3 aromatic rings. The Morgan fingerprint density at radius 3 is 2.74 bits per heavy atom. The molecule has 35 heavy (non-hydrogen) atoms. The van der Waals surface area contributed by atoms with Crippen LogP contribution in [0.5, 0.6) is 0 Å². The number of carbonyl (C=O) groups is 1. The third-order valence-electron chi connectivity index (χ3n) is 6.51. The van der Waals surface area contributed by atoms with Crippen molar-refractivity contribution < 1.29 is 9.90 Å². The number of nitrogen functional groups attached to an aromatic ring is 1. The van der Waals surface area contributed by atoms with E-state index in [1.54, 1.807) is 12.3 Å². The molecule has 0 saturated carbocycles. The smallest absolute Gasteiger partial charge is 0.255 e. The zero-order valence-corrected chi connectivity index (χ0v) is 20.3. The van der Waals surface area contributed by atoms with Gasteiger partial charge in [-0.25, -0.2) is 4.98 Å². The number of pyridine rings is 2. The second-order valence-corrected chi connectivity index (χ2v) is 9.45. The highest BCUT2D eigenvalue weighted by Crippen LogP contribution is 2.30. The Hall–Kier alpha value is -3.53. The number of aliphatic hydroxyl groups is 1. The van der Waals surface area contributed by atoms with E-state index in [9.17, 15) is 14.7 Å². The van der Waals surface area contributed by atoms with E-state index in [-0.39, 0.29) is 24.0 Å². The minimum absolute atomic E-state index is 0.0604. The fraction of sp³-hybridized carbons (Fsp3) is 0.480. The van der Waals surface area contributed by atoms with Crippen LogP contribution in [0.1, 0.15) is 62.7 Å². The van der Waals surface area contributed by atoms with Crippen LogP contribution in [0.4, 0.5) is 11.8 Å². The van der Waals surface area contributed by atoms with Gasteiger partial charge in [0, 0.05) is 42.7 Å². The summed E-state index contributed by atoms with van der Waals surface area (Å²) in [6.07, 6.45) is 8.83. The summed E-state index contributed by atoms with van der Waals surface area (Å²) in [7, 11) is 0. The lowest BCUT2D eigenvalue weighted by Crippen LogP contribution is -2.39. The monoisotopic (exact) mass is 479 g/mol. The fourth-order valence-corrected chi connectivity index (χ4v) is 4.46. The molecule has 4 rings (SSSR count). The van der Waals surface area contributed by atoms with Crippen molar-refractivity contribution in [3.63, 3.8) is 0 Å². The van der Waals surface area contributed by atoms with Crippen molar-refractivity contribution in [1.29, 1.82) is 0 Å². The highest BCUT2D eigenvalue weighted by molar-refractivity contribution is 6.01. The van der Waals surface area contributed by atoms with E-state index in [2.05, 4.69) is 32.2 Å². The quantitative estimate of drug-likeness (QED) is 0.385. The van der Waals surface area contributed by atoms with E-state index in [1.165, 1.54) is 12.3 Å². The van der Waals surface area contributed by atoms with Crippen LogP contribution >= 0.6 is 0 Å². The highest BCUT2D eigenvalue weighted by Gasteiger charge is 2.26. The van der Waals surface area contributed by atoms with Crippen molar-refractivity contribution in [3.05, 3.63) is 40.4 Å². The van der Waals surface area contributed by atoms with Crippen molar-refractivity contribution >= 4 is 28.7 Å². The second-order valence-electron chi connectivity index (χ2n) is 9.45. The van der Waals surface area contributed by atoms with Gasteiger partial charge in [0.15, 0.2) is 5.82 Å². The van der Waals surface area contributed by atoms with Crippen LogP contribution in [0.3, 0.4) is 0 Å². The number of aromatic nitrogens is 4. The predicted molar refractivity (Wildman–Crippen MR) is 136 cm³/mol. The number of likely N-dealkylation sites (tertiary alicyclic amines) is 1. The molecule has 1 amide bonds. The summed E-state index contributed by atoms with van der Waals surface area (Å²) >= 11 is 0. The molecule has 186 valence electrons. The van der Waals surface area contributed by atoms with Gasteiger partial charge < -0.3 is 26.0 Å². The number of nitrogens with zero attached hydrogens (tertiary/aromatic N) is 4. The van der Waals surface area contributed by atoms with E-state index in [4.69, 9.17) is 5.73 Å². The molecular weight excluding hydrogens is 446 g/mol. The minimum atomic E-state index is -0.592. The van der Waals surface area contributed by atoms with Crippen LogP contribution in [0.15, 0.2) is 29.3 Å². The number of nitrogens with one attached hydrogen (secondary N) is 2. The number of fused-ring (bicyclic) bond motifs is 1. The van der Waals surface area contributed by atoms with E-state index in [0.717, 1.165) is 38.5 Å². The Morgan fingerprint density at radius 2 is 2.03 bits per heavy atom. The average molecular weight is 480 g/mol. The molecule has 0 aliphatic carbocycles. The number of H-pyrrole nitrogens is 1. The summed E-state index contributed by atoms with van der Waals surface area (Å²) in [6.45, 7) is 5.35. The highest BCUT2D eigenvalue weighted by atomic mass is 16.3. The van der Waals surface area contributed by atoms with Crippen LogP contribution in [0.2, 0.25) is 0 Å². The van der Waals surface area contributed by atoms with E-state index in [0.29, 0.717) is 46.6 Å². The minimum Gasteiger partial charge on any atom is -0.394 e. The number of unbranched alkanes of at least 4 members (excludes halogenated alkanes) is 1. The Kier molecular flexibility index (Phi) is 7.30. The summed E-state index contributed by atoms with van der Waals surface area (Å²) < 4.78 is 0. The number of hydrogen-bond donors (Lipinski definition) is 4. The number of rotatable bonds is 8. The Morgan fingerprint density at radius 1 is 1.26 bits per heavy atom. The molecule has 1 saturated heterocycles. The van der Waals surface area contributed by atoms with Crippen LogP contribution in [0.25, 0.3) is 22.2 Å². The summed E-state index contributed by atoms with van der Waals surface area (Å²) in [6, 6.07) is 3.17. The predicted octanol–water partition coefficient (Wildman–Crippen LogP) is 2.94.